The molecule has 0 saturated carbocycles. The summed E-state index contributed by atoms with van der Waals surface area (Å²) in [5, 5.41) is 10.2. The lowest BCUT2D eigenvalue weighted by molar-refractivity contribution is -0.141. The highest BCUT2D eigenvalue weighted by Gasteiger charge is 2.32. The van der Waals surface area contributed by atoms with E-state index >= 15 is 0 Å². The zero-order valence-electron chi connectivity index (χ0n) is 17.3. The van der Waals surface area contributed by atoms with E-state index in [1.165, 1.54) is 43.6 Å². The molecule has 1 aromatic carbocycles. The first-order valence-electron chi connectivity index (χ1n) is 9.55. The molecule has 11 heteroatoms. The number of pyridine rings is 1. The minimum Gasteiger partial charge on any atom is -0.506 e. The molecule has 0 saturated heterocycles. The Bertz CT molecular complexity index is 1260. The van der Waals surface area contributed by atoms with Crippen LogP contribution in [0, 0.1) is 5.82 Å². The van der Waals surface area contributed by atoms with Crippen molar-refractivity contribution >= 4 is 0 Å². The Kier molecular flexibility index (Phi) is 7.21. The van der Waals surface area contributed by atoms with Crippen molar-refractivity contribution in [3.63, 3.8) is 0 Å². The molecule has 0 aliphatic heterocycles. The molecule has 0 bridgehead atoms. The van der Waals surface area contributed by atoms with Crippen LogP contribution in [0.25, 0.3) is 11.5 Å². The predicted octanol–water partition coefficient (Wildman–Crippen LogP) is 3.94. The molecule has 2 heterocycles. The van der Waals surface area contributed by atoms with Crippen molar-refractivity contribution in [2.24, 2.45) is 0 Å². The van der Waals surface area contributed by atoms with Crippen molar-refractivity contribution in [3.8, 4) is 23.0 Å². The largest absolute Gasteiger partial charge is 0.506 e. The molecule has 172 valence electrons. The Hall–Kier alpha value is -4.02. The van der Waals surface area contributed by atoms with Crippen LogP contribution in [-0.2, 0) is 19.1 Å². The van der Waals surface area contributed by atoms with E-state index in [2.05, 4.69) is 15.0 Å². The van der Waals surface area contributed by atoms with Gasteiger partial charge in [-0.05, 0) is 48.4 Å². The van der Waals surface area contributed by atoms with Crippen LogP contribution in [-0.4, -0.2) is 31.7 Å². The number of rotatable bonds is 5. The lowest BCUT2D eigenvalue weighted by Crippen LogP contribution is -2.23. The van der Waals surface area contributed by atoms with Crippen molar-refractivity contribution in [1.82, 2.24) is 19.5 Å². The third-order valence-electron chi connectivity index (χ3n) is 4.50. The predicted molar refractivity (Wildman–Crippen MR) is 110 cm³/mol. The molecule has 0 radical (unpaired) electrons. The van der Waals surface area contributed by atoms with Gasteiger partial charge in [0, 0.05) is 31.2 Å². The fraction of sp³-hybridized carbons (Fsp3) is 0.182. The van der Waals surface area contributed by atoms with E-state index in [0.717, 1.165) is 23.0 Å². The topological polar surface area (TPSA) is 90.1 Å². The van der Waals surface area contributed by atoms with Crippen LogP contribution in [0.1, 0.15) is 11.3 Å². The molecule has 1 N–H and O–H groups in total. The van der Waals surface area contributed by atoms with Crippen molar-refractivity contribution in [3.05, 3.63) is 88.5 Å². The Balaban J connectivity index is 2.26. The molecule has 0 aliphatic carbocycles. The molecule has 2 aromatic heterocycles. The highest BCUT2D eigenvalue weighted by atomic mass is 19.4. The zero-order valence-corrected chi connectivity index (χ0v) is 17.3. The van der Waals surface area contributed by atoms with E-state index in [-0.39, 0.29) is 30.2 Å². The summed E-state index contributed by atoms with van der Waals surface area (Å²) in [6.45, 7) is -0.229. The number of halogens is 4. The summed E-state index contributed by atoms with van der Waals surface area (Å²) in [6, 6.07) is 7.99. The monoisotopic (exact) mass is 462 g/mol. The maximum atomic E-state index is 13.8. The van der Waals surface area contributed by atoms with Crippen LogP contribution in [0.15, 0.2) is 65.8 Å². The Morgan fingerprint density at radius 2 is 1.76 bits per heavy atom. The van der Waals surface area contributed by atoms with Gasteiger partial charge in [-0.2, -0.15) is 13.2 Å². The summed E-state index contributed by atoms with van der Waals surface area (Å²) in [5.74, 6) is -0.750. The second-order valence-electron chi connectivity index (χ2n) is 6.67. The zero-order chi connectivity index (χ0) is 24.0. The first kappa shape index (κ1) is 23.6. The molecule has 3 aromatic rings. The van der Waals surface area contributed by atoms with Crippen LogP contribution in [0.5, 0.6) is 11.5 Å². The van der Waals surface area contributed by atoms with Crippen LogP contribution < -0.4 is 10.3 Å². The molecule has 0 atom stereocenters. The normalized spacial score (nSPS) is 11.1. The van der Waals surface area contributed by atoms with Gasteiger partial charge < -0.3 is 9.84 Å². The maximum absolute atomic E-state index is 13.8. The van der Waals surface area contributed by atoms with Crippen molar-refractivity contribution in [2.45, 2.75) is 19.1 Å². The van der Waals surface area contributed by atoms with Crippen LogP contribution in [0.2, 0.25) is 0 Å². The highest BCUT2D eigenvalue weighted by Crippen LogP contribution is 2.27. The van der Waals surface area contributed by atoms with E-state index in [1.807, 2.05) is 0 Å². The standard InChI is InChI=1S/C22H18F4N4O3/c1-33-17-6-5-15(23)12-14(17)7-11-30-19(32)13-18(22(24,25)26)27-9-3-10-29-21(30)20-16(31)4-2-8-28-20/h2-6,8-10,12-13,31H,7,11H2,1H3. The SMILES string of the molecule is COc1ccc(F)cc1CCn1c(-c2ncccc2O)ncccnc(C(F)(F)F)cc1=O. The molecule has 3 rings (SSSR count). The minimum atomic E-state index is -4.89. The van der Waals surface area contributed by atoms with Gasteiger partial charge in [0.05, 0.1) is 7.11 Å². The van der Waals surface area contributed by atoms with E-state index in [9.17, 15) is 27.5 Å². The van der Waals surface area contributed by atoms with Crippen molar-refractivity contribution in [1.29, 1.82) is 0 Å². The number of ether oxygens (including phenoxy) is 1. The van der Waals surface area contributed by atoms with Gasteiger partial charge >= 0.3 is 6.18 Å². The number of hydrogen-bond acceptors (Lipinski definition) is 6. The Labute approximate surface area is 185 Å². The van der Waals surface area contributed by atoms with Gasteiger partial charge in [-0.3, -0.25) is 14.3 Å². The van der Waals surface area contributed by atoms with Crippen LogP contribution in [0.3, 0.4) is 0 Å². The van der Waals surface area contributed by atoms with Gasteiger partial charge in [0.15, 0.2) is 5.82 Å². The summed E-state index contributed by atoms with van der Waals surface area (Å²) in [5.41, 5.74) is -2.27. The quantitative estimate of drug-likeness (QED) is 0.578. The fourth-order valence-corrected chi connectivity index (χ4v) is 2.99. The lowest BCUT2D eigenvalue weighted by atomic mass is 10.1. The first-order valence-corrected chi connectivity index (χ1v) is 9.55. The molecular weight excluding hydrogens is 444 g/mol. The minimum absolute atomic E-state index is 0.00145. The maximum Gasteiger partial charge on any atom is 0.433 e. The Morgan fingerprint density at radius 1 is 1.03 bits per heavy atom. The first-order chi connectivity index (χ1) is 15.7. The summed E-state index contributed by atoms with van der Waals surface area (Å²) < 4.78 is 59.9. The molecule has 0 amide bonds. The number of nitrogens with zero attached hydrogens (tertiary/aromatic N) is 4. The van der Waals surface area contributed by atoms with Gasteiger partial charge in [0.1, 0.15) is 28.7 Å². The van der Waals surface area contributed by atoms with Gasteiger partial charge in [0.25, 0.3) is 5.56 Å². The smallest absolute Gasteiger partial charge is 0.433 e. The fourth-order valence-electron chi connectivity index (χ4n) is 2.99. The number of aromatic hydroxyl groups is 1. The number of methoxy groups -OCH3 is 1. The van der Waals surface area contributed by atoms with E-state index < -0.39 is 23.2 Å². The highest BCUT2D eigenvalue weighted by molar-refractivity contribution is 5.58. The summed E-state index contributed by atoms with van der Waals surface area (Å²) >= 11 is 0. The van der Waals surface area contributed by atoms with Crippen molar-refractivity contribution in [2.75, 3.05) is 7.11 Å². The third kappa shape index (κ3) is 5.82. The summed E-state index contributed by atoms with van der Waals surface area (Å²) in [4.78, 5) is 24.4. The molecule has 33 heavy (non-hydrogen) atoms. The molecule has 0 aliphatic rings. The van der Waals surface area contributed by atoms with Crippen LogP contribution >= 0.6 is 0 Å². The van der Waals surface area contributed by atoms with Gasteiger partial charge in [-0.15, -0.1) is 0 Å². The van der Waals surface area contributed by atoms with Gasteiger partial charge in [0.2, 0.25) is 0 Å². The number of hydrogen-bond donors (Lipinski definition) is 1. The second-order valence-corrected chi connectivity index (χ2v) is 6.67. The average Bonchev–Trinajstić information content (AvgIpc) is 2.76. The number of alkyl halides is 3. The molecule has 0 spiro atoms. The number of benzene rings is 1. The van der Waals surface area contributed by atoms with Gasteiger partial charge in [-0.1, -0.05) is 0 Å². The average molecular weight is 462 g/mol. The lowest BCUT2D eigenvalue weighted by Gasteiger charge is -2.13. The Morgan fingerprint density at radius 3 is 2.45 bits per heavy atom. The van der Waals surface area contributed by atoms with E-state index in [4.69, 9.17) is 4.74 Å². The molecule has 0 unspecified atom stereocenters. The number of aryl methyl sites for hydroxylation is 1. The molecular formula is C22H18F4N4O3. The second kappa shape index (κ2) is 10.1. The molecule has 0 fully saturated rings. The summed E-state index contributed by atoms with van der Waals surface area (Å²) in [6.07, 6.45) is -1.59. The molecule has 7 nitrogen and oxygen atoms in total. The number of aromatic nitrogens is 4. The third-order valence-corrected chi connectivity index (χ3v) is 4.50. The van der Waals surface area contributed by atoms with E-state index in [1.54, 1.807) is 0 Å². The van der Waals surface area contributed by atoms with Crippen molar-refractivity contribution < 1.29 is 27.4 Å². The van der Waals surface area contributed by atoms with Crippen LogP contribution in [0.4, 0.5) is 17.6 Å². The van der Waals surface area contributed by atoms with E-state index in [0.29, 0.717) is 17.4 Å². The van der Waals surface area contributed by atoms with Gasteiger partial charge in [-0.25, -0.2) is 14.4 Å². The summed E-state index contributed by atoms with van der Waals surface area (Å²) in [7, 11) is 1.38.